The number of nitrogens with one attached hydrogen (secondary N) is 1. The minimum atomic E-state index is -0.449. The van der Waals surface area contributed by atoms with Gasteiger partial charge >= 0.3 is 0 Å². The second-order valence-corrected chi connectivity index (χ2v) is 5.47. The second-order valence-electron chi connectivity index (χ2n) is 5.47. The molecule has 1 aromatic heterocycles. The highest BCUT2D eigenvalue weighted by atomic mass is 16.2. The maximum absolute atomic E-state index is 12.2. The summed E-state index contributed by atoms with van der Waals surface area (Å²) in [5.41, 5.74) is 0.896. The Kier molecular flexibility index (Phi) is 3.94. The predicted molar refractivity (Wildman–Crippen MR) is 78.4 cm³/mol. The van der Waals surface area contributed by atoms with E-state index in [0.29, 0.717) is 11.9 Å². The fraction of sp³-hybridized carbons (Fsp3) is 0.467. The number of hydrogen-bond acceptors (Lipinski definition) is 4. The molecule has 1 heterocycles. The molecular weight excluding hydrogens is 266 g/mol. The van der Waals surface area contributed by atoms with Crippen LogP contribution in [0.25, 0.3) is 11.4 Å². The third-order valence-corrected chi connectivity index (χ3v) is 3.89. The Morgan fingerprint density at radius 2 is 2.00 bits per heavy atom. The van der Waals surface area contributed by atoms with E-state index in [9.17, 15) is 4.79 Å². The number of aromatic nitrogens is 4. The lowest BCUT2D eigenvalue weighted by Gasteiger charge is -2.15. The van der Waals surface area contributed by atoms with Crippen molar-refractivity contribution in [3.05, 3.63) is 30.3 Å². The number of amides is 1. The lowest BCUT2D eigenvalue weighted by Crippen LogP contribution is -2.38. The highest BCUT2D eigenvalue weighted by Crippen LogP contribution is 2.19. The van der Waals surface area contributed by atoms with Gasteiger partial charge in [0.25, 0.3) is 0 Å². The Hall–Kier alpha value is -2.24. The zero-order valence-corrected chi connectivity index (χ0v) is 12.1. The van der Waals surface area contributed by atoms with Crippen molar-refractivity contribution in [1.29, 1.82) is 0 Å². The molecule has 1 fully saturated rings. The number of rotatable bonds is 4. The SMILES string of the molecule is CC(C(=O)NC1CCCC1)n1nnc(-c2ccccc2)n1. The Labute approximate surface area is 123 Å². The van der Waals surface area contributed by atoms with E-state index in [-0.39, 0.29) is 5.91 Å². The van der Waals surface area contributed by atoms with Crippen LogP contribution in [-0.4, -0.2) is 32.2 Å². The molecule has 1 atom stereocenters. The minimum Gasteiger partial charge on any atom is -0.351 e. The maximum atomic E-state index is 12.2. The van der Waals surface area contributed by atoms with E-state index in [1.165, 1.54) is 17.6 Å². The molecule has 1 amide bonds. The van der Waals surface area contributed by atoms with Crippen molar-refractivity contribution < 1.29 is 4.79 Å². The highest BCUT2D eigenvalue weighted by molar-refractivity contribution is 5.80. The Balaban J connectivity index is 1.69. The van der Waals surface area contributed by atoms with Crippen molar-refractivity contribution in [2.45, 2.75) is 44.7 Å². The zero-order valence-electron chi connectivity index (χ0n) is 12.1. The van der Waals surface area contributed by atoms with Gasteiger partial charge in [0.2, 0.25) is 11.7 Å². The molecule has 0 saturated heterocycles. The smallest absolute Gasteiger partial charge is 0.246 e. The summed E-state index contributed by atoms with van der Waals surface area (Å²) in [4.78, 5) is 13.6. The van der Waals surface area contributed by atoms with Gasteiger partial charge in [-0.1, -0.05) is 43.2 Å². The van der Waals surface area contributed by atoms with Crippen LogP contribution in [0.2, 0.25) is 0 Å². The first-order valence-corrected chi connectivity index (χ1v) is 7.39. The summed E-state index contributed by atoms with van der Waals surface area (Å²) in [5, 5.41) is 15.4. The summed E-state index contributed by atoms with van der Waals surface area (Å²) in [6, 6.07) is 9.48. The number of tetrazole rings is 1. The summed E-state index contributed by atoms with van der Waals surface area (Å²) in [7, 11) is 0. The number of carbonyl (C=O) groups is 1. The largest absolute Gasteiger partial charge is 0.351 e. The monoisotopic (exact) mass is 285 g/mol. The molecule has 1 aliphatic carbocycles. The van der Waals surface area contributed by atoms with E-state index in [2.05, 4.69) is 20.7 Å². The number of nitrogens with zero attached hydrogens (tertiary/aromatic N) is 4. The number of hydrogen-bond donors (Lipinski definition) is 1. The zero-order chi connectivity index (χ0) is 14.7. The molecule has 1 N–H and O–H groups in total. The molecule has 2 aromatic rings. The van der Waals surface area contributed by atoms with Crippen molar-refractivity contribution in [3.63, 3.8) is 0 Å². The van der Waals surface area contributed by atoms with Crippen LogP contribution in [0.3, 0.4) is 0 Å². The highest BCUT2D eigenvalue weighted by Gasteiger charge is 2.23. The molecule has 1 aromatic carbocycles. The summed E-state index contributed by atoms with van der Waals surface area (Å²) >= 11 is 0. The Morgan fingerprint density at radius 1 is 1.29 bits per heavy atom. The topological polar surface area (TPSA) is 72.7 Å². The maximum Gasteiger partial charge on any atom is 0.246 e. The third kappa shape index (κ3) is 3.09. The van der Waals surface area contributed by atoms with Gasteiger partial charge in [0.15, 0.2) is 0 Å². The molecule has 0 spiro atoms. The molecular formula is C15H19N5O. The van der Waals surface area contributed by atoms with Crippen LogP contribution in [-0.2, 0) is 4.79 Å². The molecule has 1 aliphatic rings. The summed E-state index contributed by atoms with van der Waals surface area (Å²) in [5.74, 6) is 0.495. The fourth-order valence-corrected chi connectivity index (χ4v) is 2.59. The average Bonchev–Trinajstić information content (AvgIpc) is 3.18. The van der Waals surface area contributed by atoms with Crippen molar-refractivity contribution in [1.82, 2.24) is 25.5 Å². The minimum absolute atomic E-state index is 0.0427. The Morgan fingerprint density at radius 3 is 2.71 bits per heavy atom. The normalized spacial score (nSPS) is 16.8. The van der Waals surface area contributed by atoms with Crippen molar-refractivity contribution >= 4 is 5.91 Å². The molecule has 1 unspecified atom stereocenters. The lowest BCUT2D eigenvalue weighted by molar-refractivity contribution is -0.125. The van der Waals surface area contributed by atoms with Gasteiger partial charge in [-0.2, -0.15) is 4.80 Å². The van der Waals surface area contributed by atoms with Gasteiger partial charge < -0.3 is 5.32 Å². The molecule has 110 valence electrons. The molecule has 6 heteroatoms. The van der Waals surface area contributed by atoms with Crippen molar-refractivity contribution in [2.24, 2.45) is 0 Å². The molecule has 0 radical (unpaired) electrons. The molecule has 1 saturated carbocycles. The van der Waals surface area contributed by atoms with Gasteiger partial charge in [-0.15, -0.1) is 10.2 Å². The van der Waals surface area contributed by atoms with Crippen LogP contribution < -0.4 is 5.32 Å². The average molecular weight is 285 g/mol. The fourth-order valence-electron chi connectivity index (χ4n) is 2.59. The van der Waals surface area contributed by atoms with Gasteiger partial charge in [-0.05, 0) is 25.0 Å². The van der Waals surface area contributed by atoms with E-state index in [4.69, 9.17) is 0 Å². The van der Waals surface area contributed by atoms with Crippen LogP contribution in [0.1, 0.15) is 38.6 Å². The summed E-state index contributed by atoms with van der Waals surface area (Å²) < 4.78 is 0. The standard InChI is InChI=1S/C15H19N5O/c1-11(15(21)16-13-9-5-6-10-13)20-18-14(17-19-20)12-7-3-2-4-8-12/h2-4,7-8,11,13H,5-6,9-10H2,1H3,(H,16,21). The Bertz CT molecular complexity index is 604. The van der Waals surface area contributed by atoms with Gasteiger partial charge in [0.1, 0.15) is 6.04 Å². The van der Waals surface area contributed by atoms with Crippen LogP contribution in [0.5, 0.6) is 0 Å². The van der Waals surface area contributed by atoms with Crippen LogP contribution in [0, 0.1) is 0 Å². The molecule has 3 rings (SSSR count). The van der Waals surface area contributed by atoms with Crippen LogP contribution in [0.4, 0.5) is 0 Å². The van der Waals surface area contributed by atoms with Gasteiger partial charge in [0, 0.05) is 11.6 Å². The first kappa shape index (κ1) is 13.7. The van der Waals surface area contributed by atoms with E-state index in [1.807, 2.05) is 30.3 Å². The van der Waals surface area contributed by atoms with E-state index < -0.39 is 6.04 Å². The summed E-state index contributed by atoms with van der Waals surface area (Å²) in [6.45, 7) is 1.79. The second kappa shape index (κ2) is 6.03. The van der Waals surface area contributed by atoms with Crippen LogP contribution >= 0.6 is 0 Å². The molecule has 0 bridgehead atoms. The lowest BCUT2D eigenvalue weighted by atomic mass is 10.2. The van der Waals surface area contributed by atoms with Crippen LogP contribution in [0.15, 0.2) is 30.3 Å². The summed E-state index contributed by atoms with van der Waals surface area (Å²) in [6.07, 6.45) is 4.52. The van der Waals surface area contributed by atoms with E-state index >= 15 is 0 Å². The van der Waals surface area contributed by atoms with E-state index in [1.54, 1.807) is 6.92 Å². The first-order chi connectivity index (χ1) is 10.2. The number of benzene rings is 1. The quantitative estimate of drug-likeness (QED) is 0.932. The van der Waals surface area contributed by atoms with Crippen molar-refractivity contribution in [2.75, 3.05) is 0 Å². The van der Waals surface area contributed by atoms with Gasteiger partial charge in [-0.25, -0.2) is 0 Å². The molecule has 21 heavy (non-hydrogen) atoms. The molecule has 6 nitrogen and oxygen atoms in total. The van der Waals surface area contributed by atoms with Gasteiger partial charge in [-0.3, -0.25) is 4.79 Å². The van der Waals surface area contributed by atoms with Crippen molar-refractivity contribution in [3.8, 4) is 11.4 Å². The van der Waals surface area contributed by atoms with Gasteiger partial charge in [0.05, 0.1) is 0 Å². The first-order valence-electron chi connectivity index (χ1n) is 7.39. The molecule has 0 aliphatic heterocycles. The third-order valence-electron chi connectivity index (χ3n) is 3.89. The number of carbonyl (C=O) groups excluding carboxylic acids is 1. The van der Waals surface area contributed by atoms with E-state index in [0.717, 1.165) is 18.4 Å². The predicted octanol–water partition coefficient (Wildman–Crippen LogP) is 1.96.